The van der Waals surface area contributed by atoms with E-state index in [0.29, 0.717) is 27.5 Å². The van der Waals surface area contributed by atoms with Crippen LogP contribution < -0.4 is 10.0 Å². The summed E-state index contributed by atoms with van der Waals surface area (Å²) in [5.41, 5.74) is 0.174. The Morgan fingerprint density at radius 3 is 2.34 bits per heavy atom. The van der Waals surface area contributed by atoms with E-state index in [9.17, 15) is 23.1 Å². The number of esters is 1. The fraction of sp³-hybridized carbons (Fsp3) is 0.214. The smallest absolute Gasteiger partial charge is 0.315 e. The minimum Gasteiger partial charge on any atom is -0.466 e. The van der Waals surface area contributed by atoms with Crippen LogP contribution in [0.25, 0.3) is 0 Å². The summed E-state index contributed by atoms with van der Waals surface area (Å²) in [5.74, 6) is -1.37. The quantitative estimate of drug-likeness (QED) is 0.156. The normalized spacial score (nSPS) is 17.1. The van der Waals surface area contributed by atoms with E-state index >= 15 is 0 Å². The van der Waals surface area contributed by atoms with Crippen molar-refractivity contribution < 1.29 is 27.9 Å². The maximum Gasteiger partial charge on any atom is 0.315 e. The number of hydrogen-bond donors (Lipinski definition) is 3. The molecule has 0 spiro atoms. The molecule has 0 saturated heterocycles. The van der Waals surface area contributed by atoms with Gasteiger partial charge in [0, 0.05) is 23.3 Å². The van der Waals surface area contributed by atoms with Gasteiger partial charge < -0.3 is 15.2 Å². The minimum atomic E-state index is -4.15. The van der Waals surface area contributed by atoms with Crippen molar-refractivity contribution in [1.82, 2.24) is 9.73 Å². The summed E-state index contributed by atoms with van der Waals surface area (Å²) in [6.07, 6.45) is -0.463. The third-order valence-electron chi connectivity index (χ3n) is 6.10. The molecule has 0 bridgehead atoms. The molecule has 0 aliphatic carbocycles. The van der Waals surface area contributed by atoms with Crippen LogP contribution >= 0.6 is 11.6 Å². The van der Waals surface area contributed by atoms with Crippen LogP contribution in [0.1, 0.15) is 24.5 Å². The highest BCUT2D eigenvalue weighted by Crippen LogP contribution is 2.33. The van der Waals surface area contributed by atoms with Crippen molar-refractivity contribution in [2.45, 2.75) is 23.8 Å². The fourth-order valence-corrected chi connectivity index (χ4v) is 5.33. The van der Waals surface area contributed by atoms with Crippen LogP contribution in [-0.2, 0) is 30.0 Å². The van der Waals surface area contributed by atoms with Gasteiger partial charge in [0.05, 0.1) is 18.0 Å². The zero-order chi connectivity index (χ0) is 29.6. The lowest BCUT2D eigenvalue weighted by atomic mass is 9.86. The van der Waals surface area contributed by atoms with Gasteiger partial charge in [-0.1, -0.05) is 54.1 Å². The molecule has 1 atom stereocenters. The first-order valence-corrected chi connectivity index (χ1v) is 14.4. The number of rotatable bonds is 8. The molecule has 3 N–H and O–H groups in total. The fourth-order valence-electron chi connectivity index (χ4n) is 4.16. The van der Waals surface area contributed by atoms with Gasteiger partial charge in [-0.3, -0.25) is 14.6 Å². The van der Waals surface area contributed by atoms with Crippen molar-refractivity contribution in [2.75, 3.05) is 25.5 Å². The standard InChI is InChI=1S/C28H28ClN5O6S/c1-3-40-25(36)17-24(35)31-22-13-15-23(16-14-22)41(38,39)33-27(30-2)34-18-28(37,20-7-5-4-6-8-20)26(32-34)19-9-11-21(29)12-10-19/h4-16,37H,3,17-18H2,1-2H3,(H,30,33)(H,31,35). The van der Waals surface area contributed by atoms with Crippen molar-refractivity contribution in [2.24, 2.45) is 10.1 Å². The van der Waals surface area contributed by atoms with Crippen molar-refractivity contribution in [1.29, 1.82) is 0 Å². The zero-order valence-corrected chi connectivity index (χ0v) is 23.8. The molecule has 41 heavy (non-hydrogen) atoms. The molecule has 214 valence electrons. The number of sulfonamides is 1. The zero-order valence-electron chi connectivity index (χ0n) is 22.2. The highest BCUT2D eigenvalue weighted by Gasteiger charge is 2.45. The molecule has 1 aliphatic rings. The highest BCUT2D eigenvalue weighted by atomic mass is 35.5. The Kier molecular flexibility index (Phi) is 9.06. The number of hydrazone groups is 1. The van der Waals surface area contributed by atoms with Gasteiger partial charge in [0.25, 0.3) is 10.0 Å². The number of aliphatic imine (C=N–C) groups is 1. The second-order valence-corrected chi connectivity index (χ2v) is 11.1. The van der Waals surface area contributed by atoms with Crippen LogP contribution in [-0.4, -0.2) is 62.3 Å². The molecule has 0 fully saturated rings. The predicted octanol–water partition coefficient (Wildman–Crippen LogP) is 3.10. The molecule has 1 unspecified atom stereocenters. The number of benzene rings is 3. The minimum absolute atomic E-state index is 0.110. The highest BCUT2D eigenvalue weighted by molar-refractivity contribution is 7.90. The molecule has 3 aromatic rings. The number of amides is 1. The van der Waals surface area contributed by atoms with E-state index in [2.05, 4.69) is 20.1 Å². The van der Waals surface area contributed by atoms with Crippen LogP contribution in [0.4, 0.5) is 5.69 Å². The van der Waals surface area contributed by atoms with Gasteiger partial charge in [0.2, 0.25) is 11.9 Å². The molecule has 1 heterocycles. The molecular weight excluding hydrogens is 570 g/mol. The molecule has 4 rings (SSSR count). The molecule has 0 aromatic heterocycles. The number of hydrogen-bond acceptors (Lipinski definition) is 8. The number of β-amino-alcohol motifs (C(OH)–C–C–N with tert-alkyl or cyclic N) is 1. The van der Waals surface area contributed by atoms with E-state index in [4.69, 9.17) is 16.3 Å². The van der Waals surface area contributed by atoms with E-state index in [-0.39, 0.29) is 24.0 Å². The Labute approximate surface area is 242 Å². The lowest BCUT2D eigenvalue weighted by Crippen LogP contribution is -2.45. The first-order valence-electron chi connectivity index (χ1n) is 12.5. The number of ether oxygens (including phenoxy) is 1. The first kappa shape index (κ1) is 29.7. The Hall–Kier alpha value is -4.26. The van der Waals surface area contributed by atoms with E-state index < -0.39 is 33.9 Å². The second kappa shape index (κ2) is 12.5. The Balaban J connectivity index is 1.55. The Morgan fingerprint density at radius 1 is 1.07 bits per heavy atom. The van der Waals surface area contributed by atoms with Crippen LogP contribution in [0.2, 0.25) is 5.02 Å². The molecule has 1 aliphatic heterocycles. The van der Waals surface area contributed by atoms with Gasteiger partial charge in [0.1, 0.15) is 12.1 Å². The summed E-state index contributed by atoms with van der Waals surface area (Å²) in [6, 6.07) is 21.1. The summed E-state index contributed by atoms with van der Waals surface area (Å²) < 4.78 is 33.7. The molecule has 0 radical (unpaired) electrons. The lowest BCUT2D eigenvalue weighted by Gasteiger charge is -2.26. The number of aliphatic hydroxyl groups is 1. The van der Waals surface area contributed by atoms with Gasteiger partial charge in [-0.25, -0.2) is 18.1 Å². The second-order valence-electron chi connectivity index (χ2n) is 8.95. The Bertz CT molecular complexity index is 1580. The van der Waals surface area contributed by atoms with Crippen molar-refractivity contribution in [3.63, 3.8) is 0 Å². The number of halogens is 1. The van der Waals surface area contributed by atoms with Gasteiger partial charge >= 0.3 is 5.97 Å². The topological polar surface area (TPSA) is 150 Å². The van der Waals surface area contributed by atoms with E-state index in [1.807, 2.05) is 6.07 Å². The van der Waals surface area contributed by atoms with Crippen molar-refractivity contribution in [3.05, 3.63) is 95.0 Å². The van der Waals surface area contributed by atoms with Gasteiger partial charge in [-0.15, -0.1) is 0 Å². The molecule has 3 aromatic carbocycles. The van der Waals surface area contributed by atoms with Gasteiger partial charge in [0.15, 0.2) is 5.60 Å². The van der Waals surface area contributed by atoms with Gasteiger partial charge in [-0.2, -0.15) is 5.10 Å². The number of nitrogens with one attached hydrogen (secondary N) is 2. The summed E-state index contributed by atoms with van der Waals surface area (Å²) >= 11 is 6.06. The first-order chi connectivity index (χ1) is 19.6. The van der Waals surface area contributed by atoms with E-state index in [0.717, 1.165) is 0 Å². The summed E-state index contributed by atoms with van der Waals surface area (Å²) in [6.45, 7) is 1.68. The lowest BCUT2D eigenvalue weighted by molar-refractivity contribution is -0.145. The number of carbonyl (C=O) groups is 2. The number of anilines is 1. The maximum atomic E-state index is 13.2. The van der Waals surface area contributed by atoms with Crippen LogP contribution in [0, 0.1) is 0 Å². The van der Waals surface area contributed by atoms with Crippen LogP contribution in [0.15, 0.2) is 93.9 Å². The largest absolute Gasteiger partial charge is 0.466 e. The molecule has 0 saturated carbocycles. The molecule has 11 nitrogen and oxygen atoms in total. The summed E-state index contributed by atoms with van der Waals surface area (Å²) in [4.78, 5) is 27.5. The third kappa shape index (κ3) is 6.91. The molecule has 13 heteroatoms. The van der Waals surface area contributed by atoms with E-state index in [1.54, 1.807) is 55.5 Å². The van der Waals surface area contributed by atoms with Crippen molar-refractivity contribution in [3.8, 4) is 0 Å². The predicted molar refractivity (Wildman–Crippen MR) is 155 cm³/mol. The maximum absolute atomic E-state index is 13.2. The average Bonchev–Trinajstić information content (AvgIpc) is 3.31. The van der Waals surface area contributed by atoms with Crippen LogP contribution in [0.3, 0.4) is 0 Å². The van der Waals surface area contributed by atoms with Crippen molar-refractivity contribution >= 4 is 50.9 Å². The summed E-state index contributed by atoms with van der Waals surface area (Å²) in [5, 5.41) is 20.7. The number of nitrogens with zero attached hydrogens (tertiary/aromatic N) is 3. The SMILES string of the molecule is CCOC(=O)CC(=O)Nc1ccc(S(=O)(=O)NC(=NC)N2CC(O)(c3ccccc3)C(c3ccc(Cl)cc3)=N2)cc1. The number of guanidine groups is 1. The summed E-state index contributed by atoms with van der Waals surface area (Å²) in [7, 11) is -2.75. The van der Waals surface area contributed by atoms with Gasteiger partial charge in [-0.05, 0) is 48.9 Å². The molecular formula is C28H28ClN5O6S. The number of carbonyl (C=O) groups excluding carboxylic acids is 2. The van der Waals surface area contributed by atoms with Crippen LogP contribution in [0.5, 0.6) is 0 Å². The monoisotopic (exact) mass is 597 g/mol. The third-order valence-corrected chi connectivity index (χ3v) is 7.70. The average molecular weight is 598 g/mol. The Morgan fingerprint density at radius 2 is 1.73 bits per heavy atom. The van der Waals surface area contributed by atoms with E-state index in [1.165, 1.54) is 36.3 Å². The molecule has 1 amide bonds.